The first kappa shape index (κ1) is 21.5. The lowest BCUT2D eigenvalue weighted by atomic mass is 10.1. The van der Waals surface area contributed by atoms with Crippen LogP contribution >= 0.6 is 0 Å². The topological polar surface area (TPSA) is 72.4 Å². The van der Waals surface area contributed by atoms with Crippen molar-refractivity contribution >= 4 is 23.5 Å². The number of hydrogen-bond donors (Lipinski definition) is 1. The molecular weight excluding hydrogens is 382 g/mol. The molecule has 1 aliphatic rings. The summed E-state index contributed by atoms with van der Waals surface area (Å²) in [7, 11) is 3.15. The molecule has 1 N–H and O–H groups in total. The summed E-state index contributed by atoms with van der Waals surface area (Å²) < 4.78 is 10.5. The Balaban J connectivity index is 1.51. The second kappa shape index (κ2) is 10.5. The molecule has 2 aromatic carbocycles. The van der Waals surface area contributed by atoms with Gasteiger partial charge in [-0.1, -0.05) is 5.16 Å². The Morgan fingerprint density at radius 2 is 1.73 bits per heavy atom. The van der Waals surface area contributed by atoms with Gasteiger partial charge in [-0.05, 0) is 68.7 Å². The Morgan fingerprint density at radius 1 is 1.03 bits per heavy atom. The van der Waals surface area contributed by atoms with Gasteiger partial charge in [-0.25, -0.2) is 0 Å². The van der Waals surface area contributed by atoms with E-state index < -0.39 is 6.10 Å². The van der Waals surface area contributed by atoms with E-state index in [2.05, 4.69) is 15.4 Å². The molecule has 1 amide bonds. The van der Waals surface area contributed by atoms with Gasteiger partial charge in [0.05, 0.1) is 20.4 Å². The second-order valence-corrected chi connectivity index (χ2v) is 7.18. The average Bonchev–Trinajstić information content (AvgIpc) is 2.79. The van der Waals surface area contributed by atoms with E-state index in [1.54, 1.807) is 33.3 Å². The number of nitrogens with one attached hydrogen (secondary N) is 1. The molecule has 7 heteroatoms. The molecule has 0 bridgehead atoms. The number of amides is 1. The van der Waals surface area contributed by atoms with Crippen LogP contribution in [0.5, 0.6) is 11.5 Å². The van der Waals surface area contributed by atoms with Gasteiger partial charge in [-0.2, -0.15) is 0 Å². The van der Waals surface area contributed by atoms with E-state index in [9.17, 15) is 4.79 Å². The Kier molecular flexibility index (Phi) is 7.54. The molecule has 1 heterocycles. The third-order valence-corrected chi connectivity index (χ3v) is 5.05. The Bertz CT molecular complexity index is 861. The Labute approximate surface area is 177 Å². The van der Waals surface area contributed by atoms with Gasteiger partial charge in [-0.3, -0.25) is 4.79 Å². The number of nitrogens with zero attached hydrogens (tertiary/aromatic N) is 2. The number of piperidine rings is 1. The average molecular weight is 412 g/mol. The normalized spacial score (nSPS) is 15.0. The lowest BCUT2D eigenvalue weighted by Gasteiger charge is -2.28. The van der Waals surface area contributed by atoms with Crippen LogP contribution in [-0.2, 0) is 9.63 Å². The van der Waals surface area contributed by atoms with Crippen molar-refractivity contribution in [1.82, 2.24) is 0 Å². The predicted octanol–water partition coefficient (Wildman–Crippen LogP) is 4.07. The van der Waals surface area contributed by atoms with Crippen molar-refractivity contribution in [3.05, 3.63) is 48.0 Å². The lowest BCUT2D eigenvalue weighted by molar-refractivity contribution is -0.126. The van der Waals surface area contributed by atoms with Gasteiger partial charge in [-0.15, -0.1) is 0 Å². The zero-order valence-corrected chi connectivity index (χ0v) is 17.8. The smallest absolute Gasteiger partial charge is 0.267 e. The molecule has 1 saturated heterocycles. The summed E-state index contributed by atoms with van der Waals surface area (Å²) in [5.41, 5.74) is 2.70. The number of anilines is 2. The van der Waals surface area contributed by atoms with Crippen LogP contribution in [0.15, 0.2) is 47.6 Å². The van der Waals surface area contributed by atoms with Crippen molar-refractivity contribution in [2.75, 3.05) is 37.5 Å². The minimum atomic E-state index is -0.733. The number of oxime groups is 1. The van der Waals surface area contributed by atoms with Gasteiger partial charge in [0, 0.05) is 30.0 Å². The van der Waals surface area contributed by atoms with Gasteiger partial charge in [0.25, 0.3) is 5.91 Å². The zero-order chi connectivity index (χ0) is 21.3. The van der Waals surface area contributed by atoms with Crippen LogP contribution in [0.25, 0.3) is 0 Å². The number of ether oxygens (including phenoxy) is 2. The van der Waals surface area contributed by atoms with E-state index >= 15 is 0 Å². The molecule has 160 valence electrons. The highest BCUT2D eigenvalue weighted by Crippen LogP contribution is 2.27. The predicted molar refractivity (Wildman–Crippen MR) is 119 cm³/mol. The van der Waals surface area contributed by atoms with E-state index in [4.69, 9.17) is 14.3 Å². The van der Waals surface area contributed by atoms with Crippen LogP contribution in [0.3, 0.4) is 0 Å². The molecule has 3 rings (SSSR count). The van der Waals surface area contributed by atoms with Gasteiger partial charge in [0.15, 0.2) is 11.5 Å². The van der Waals surface area contributed by atoms with Gasteiger partial charge >= 0.3 is 0 Å². The number of benzene rings is 2. The van der Waals surface area contributed by atoms with Crippen LogP contribution < -0.4 is 19.7 Å². The third-order valence-electron chi connectivity index (χ3n) is 5.05. The number of hydrogen-bond acceptors (Lipinski definition) is 6. The van der Waals surface area contributed by atoms with Crippen molar-refractivity contribution in [2.45, 2.75) is 32.3 Å². The van der Waals surface area contributed by atoms with Crippen LogP contribution in [0.4, 0.5) is 11.4 Å². The lowest BCUT2D eigenvalue weighted by Crippen LogP contribution is -2.29. The van der Waals surface area contributed by atoms with Crippen LogP contribution in [0, 0.1) is 0 Å². The molecule has 0 radical (unpaired) electrons. The summed E-state index contributed by atoms with van der Waals surface area (Å²) in [6.07, 6.45) is 4.56. The molecule has 0 saturated carbocycles. The minimum Gasteiger partial charge on any atom is -0.493 e. The second-order valence-electron chi connectivity index (χ2n) is 7.18. The highest BCUT2D eigenvalue weighted by atomic mass is 16.6. The fourth-order valence-electron chi connectivity index (χ4n) is 3.32. The first-order chi connectivity index (χ1) is 14.6. The largest absolute Gasteiger partial charge is 0.493 e. The van der Waals surface area contributed by atoms with Crippen molar-refractivity contribution in [3.8, 4) is 11.5 Å². The maximum Gasteiger partial charge on any atom is 0.267 e. The molecule has 0 spiro atoms. The third kappa shape index (κ3) is 5.65. The molecule has 0 unspecified atom stereocenters. The standard InChI is InChI=1S/C23H29N3O4/c1-17(30-24-16-18-7-12-21(28-2)22(15-18)29-3)23(27)25-19-8-10-20(11-9-19)26-13-5-4-6-14-26/h7-12,15-17H,4-6,13-14H2,1-3H3,(H,25,27)/b24-16-/t17-/m0/s1. The fourth-order valence-corrected chi connectivity index (χ4v) is 3.32. The Hall–Kier alpha value is -3.22. The number of methoxy groups -OCH3 is 2. The van der Waals surface area contributed by atoms with E-state index in [0.29, 0.717) is 11.5 Å². The van der Waals surface area contributed by atoms with Crippen molar-refractivity contribution in [3.63, 3.8) is 0 Å². The van der Waals surface area contributed by atoms with Crippen LogP contribution in [0.1, 0.15) is 31.7 Å². The molecule has 1 fully saturated rings. The maximum atomic E-state index is 12.4. The molecule has 7 nitrogen and oxygen atoms in total. The quantitative estimate of drug-likeness (QED) is 0.524. The van der Waals surface area contributed by atoms with Gasteiger partial charge in [0.2, 0.25) is 6.10 Å². The molecule has 1 atom stereocenters. The minimum absolute atomic E-state index is 0.259. The van der Waals surface area contributed by atoms with Crippen molar-refractivity contribution in [1.29, 1.82) is 0 Å². The summed E-state index contributed by atoms with van der Waals surface area (Å²) in [4.78, 5) is 20.1. The summed E-state index contributed by atoms with van der Waals surface area (Å²) in [5, 5.41) is 6.78. The maximum absolute atomic E-state index is 12.4. The molecular formula is C23H29N3O4. The van der Waals surface area contributed by atoms with Crippen molar-refractivity contribution < 1.29 is 19.1 Å². The summed E-state index contributed by atoms with van der Waals surface area (Å²) >= 11 is 0. The first-order valence-electron chi connectivity index (χ1n) is 10.2. The van der Waals surface area contributed by atoms with E-state index in [0.717, 1.165) is 24.3 Å². The number of carbonyl (C=O) groups is 1. The molecule has 1 aliphatic heterocycles. The summed E-state index contributed by atoms with van der Waals surface area (Å²) in [6, 6.07) is 13.3. The molecule has 2 aromatic rings. The van der Waals surface area contributed by atoms with Crippen molar-refractivity contribution in [2.24, 2.45) is 5.16 Å². The molecule has 0 aliphatic carbocycles. The summed E-state index contributed by atoms with van der Waals surface area (Å²) in [5.74, 6) is 0.972. The molecule has 30 heavy (non-hydrogen) atoms. The van der Waals surface area contributed by atoms with Crippen LogP contribution in [0.2, 0.25) is 0 Å². The van der Waals surface area contributed by atoms with E-state index in [-0.39, 0.29) is 5.91 Å². The van der Waals surface area contributed by atoms with Gasteiger partial charge in [0.1, 0.15) is 0 Å². The summed E-state index contributed by atoms with van der Waals surface area (Å²) in [6.45, 7) is 3.84. The number of rotatable bonds is 8. The van der Waals surface area contributed by atoms with Crippen LogP contribution in [-0.4, -0.2) is 45.5 Å². The fraction of sp³-hybridized carbons (Fsp3) is 0.391. The van der Waals surface area contributed by atoms with E-state index in [1.165, 1.54) is 31.2 Å². The van der Waals surface area contributed by atoms with Gasteiger partial charge < -0.3 is 24.5 Å². The monoisotopic (exact) mass is 411 g/mol. The SMILES string of the molecule is COc1ccc(/C=N\O[C@@H](C)C(=O)Nc2ccc(N3CCCCC3)cc2)cc1OC. The molecule has 0 aromatic heterocycles. The highest BCUT2D eigenvalue weighted by Gasteiger charge is 2.15. The van der Waals surface area contributed by atoms with E-state index in [1.807, 2.05) is 30.3 Å². The highest BCUT2D eigenvalue weighted by molar-refractivity contribution is 5.94. The number of carbonyl (C=O) groups excluding carboxylic acids is 1. The zero-order valence-electron chi connectivity index (χ0n) is 17.8. The Morgan fingerprint density at radius 3 is 2.40 bits per heavy atom. The first-order valence-corrected chi connectivity index (χ1v) is 10.2.